The van der Waals surface area contributed by atoms with Crippen molar-refractivity contribution in [2.24, 2.45) is 0 Å². The number of rotatable bonds is 5. The minimum absolute atomic E-state index is 0.141. The van der Waals surface area contributed by atoms with Crippen LogP contribution in [0.5, 0.6) is 0 Å². The molecule has 0 saturated heterocycles. The Morgan fingerprint density at radius 1 is 1.46 bits per heavy atom. The Hall–Kier alpha value is -0.0210. The summed E-state index contributed by atoms with van der Waals surface area (Å²) in [6.07, 6.45) is 0.602. The number of esters is 1. The number of hydrogen-bond acceptors (Lipinski definition) is 3. The first-order chi connectivity index (χ1) is 5.90. The minimum atomic E-state index is -0.950. The fourth-order valence-corrected chi connectivity index (χ4v) is 0.899. The summed E-state index contributed by atoms with van der Waals surface area (Å²) in [5, 5.41) is 8.69. The molecule has 0 radical (unpaired) electrons. The summed E-state index contributed by atoms with van der Waals surface area (Å²) >= 11 is 4.10. The van der Waals surface area contributed by atoms with E-state index in [1.54, 1.807) is 6.92 Å². The SMILES string of the molecule is CCC(=O)OCCC([SeH])([SeH])C(=O)O. The molecule has 0 spiro atoms. The number of carboxylic acids is 1. The van der Waals surface area contributed by atoms with E-state index in [9.17, 15) is 9.59 Å². The third kappa shape index (κ3) is 5.32. The molecule has 0 rings (SSSR count). The first-order valence-corrected chi connectivity index (χ1v) is 5.61. The van der Waals surface area contributed by atoms with E-state index in [2.05, 4.69) is 32.0 Å². The quantitative estimate of drug-likeness (QED) is 0.540. The van der Waals surface area contributed by atoms with Crippen molar-refractivity contribution >= 4 is 44.0 Å². The molecular weight excluding hydrogens is 306 g/mol. The molecule has 0 fully saturated rings. The Labute approximate surface area is 93.0 Å². The molecular formula is C7H12O4Se2. The second kappa shape index (κ2) is 5.66. The van der Waals surface area contributed by atoms with Crippen molar-refractivity contribution in [1.82, 2.24) is 0 Å². The molecule has 0 aromatic carbocycles. The number of hydrogen-bond donors (Lipinski definition) is 1. The van der Waals surface area contributed by atoms with Crippen LogP contribution in [0.2, 0.25) is 3.21 Å². The van der Waals surface area contributed by atoms with Gasteiger partial charge in [-0.3, -0.25) is 0 Å². The molecule has 0 unspecified atom stereocenters. The fourth-order valence-electron chi connectivity index (χ4n) is 0.516. The van der Waals surface area contributed by atoms with Crippen molar-refractivity contribution in [1.29, 1.82) is 0 Å². The maximum atomic E-state index is 10.7. The predicted octanol–water partition coefficient (Wildman–Crippen LogP) is -0.668. The van der Waals surface area contributed by atoms with Crippen LogP contribution in [0.25, 0.3) is 0 Å². The normalized spacial score (nSPS) is 11.0. The van der Waals surface area contributed by atoms with E-state index in [0.29, 0.717) is 6.42 Å². The maximum absolute atomic E-state index is 10.7. The van der Waals surface area contributed by atoms with Gasteiger partial charge in [0, 0.05) is 0 Å². The van der Waals surface area contributed by atoms with Gasteiger partial charge in [0.1, 0.15) is 0 Å². The molecule has 4 nitrogen and oxygen atoms in total. The van der Waals surface area contributed by atoms with Crippen molar-refractivity contribution < 1.29 is 19.4 Å². The van der Waals surface area contributed by atoms with Gasteiger partial charge in [0.2, 0.25) is 0 Å². The predicted molar refractivity (Wildman–Crippen MR) is 50.5 cm³/mol. The zero-order valence-corrected chi connectivity index (χ0v) is 10.9. The molecule has 0 aliphatic carbocycles. The molecule has 0 aliphatic rings. The Morgan fingerprint density at radius 3 is 2.38 bits per heavy atom. The number of carbonyl (C=O) groups is 2. The molecule has 76 valence electrons. The van der Waals surface area contributed by atoms with E-state index in [0.717, 1.165) is 0 Å². The van der Waals surface area contributed by atoms with Gasteiger partial charge in [-0.05, 0) is 0 Å². The van der Waals surface area contributed by atoms with Gasteiger partial charge in [0.05, 0.1) is 0 Å². The van der Waals surface area contributed by atoms with Crippen LogP contribution >= 0.6 is 0 Å². The number of aliphatic carboxylic acids is 1. The van der Waals surface area contributed by atoms with Crippen LogP contribution in [0.4, 0.5) is 0 Å². The van der Waals surface area contributed by atoms with Gasteiger partial charge in [-0.1, -0.05) is 0 Å². The molecule has 0 saturated carbocycles. The first kappa shape index (κ1) is 13.0. The summed E-state index contributed by atoms with van der Waals surface area (Å²) in [5.74, 6) is -1.23. The summed E-state index contributed by atoms with van der Waals surface area (Å²) < 4.78 is 3.80. The van der Waals surface area contributed by atoms with Crippen molar-refractivity contribution in [2.75, 3.05) is 6.61 Å². The van der Waals surface area contributed by atoms with Crippen LogP contribution in [0.1, 0.15) is 19.8 Å². The van der Waals surface area contributed by atoms with E-state index in [-0.39, 0.29) is 19.0 Å². The second-order valence-corrected chi connectivity index (χ2v) is 7.31. The number of ether oxygens (including phenoxy) is 1. The average Bonchev–Trinajstić information content (AvgIpc) is 2.03. The van der Waals surface area contributed by atoms with Crippen LogP contribution in [-0.2, 0) is 14.3 Å². The first-order valence-electron chi connectivity index (χ1n) is 3.74. The van der Waals surface area contributed by atoms with Gasteiger partial charge >= 0.3 is 93.0 Å². The van der Waals surface area contributed by atoms with Gasteiger partial charge in [-0.15, -0.1) is 0 Å². The van der Waals surface area contributed by atoms with E-state index < -0.39 is 9.18 Å². The van der Waals surface area contributed by atoms with Crippen LogP contribution in [0.15, 0.2) is 0 Å². The summed E-state index contributed by atoms with van der Waals surface area (Å²) in [6, 6.07) is 0. The zero-order valence-electron chi connectivity index (χ0n) is 7.19. The van der Waals surface area contributed by atoms with Crippen LogP contribution in [0, 0.1) is 0 Å². The topological polar surface area (TPSA) is 63.6 Å². The van der Waals surface area contributed by atoms with Crippen molar-refractivity contribution in [3.63, 3.8) is 0 Å². The summed E-state index contributed by atoms with van der Waals surface area (Å²) in [4.78, 5) is 21.3. The Bertz CT molecular complexity index is 203. The van der Waals surface area contributed by atoms with Crippen molar-refractivity contribution in [3.05, 3.63) is 0 Å². The number of carbonyl (C=O) groups excluding carboxylic acids is 1. The van der Waals surface area contributed by atoms with Crippen LogP contribution in [-0.4, -0.2) is 55.7 Å². The van der Waals surface area contributed by atoms with E-state index in [1.807, 2.05) is 0 Å². The monoisotopic (exact) mass is 320 g/mol. The molecule has 0 aliphatic heterocycles. The van der Waals surface area contributed by atoms with Gasteiger partial charge in [0.15, 0.2) is 0 Å². The van der Waals surface area contributed by atoms with Crippen LogP contribution in [0.3, 0.4) is 0 Å². The molecule has 0 heterocycles. The molecule has 0 aromatic heterocycles. The van der Waals surface area contributed by atoms with E-state index in [1.165, 1.54) is 0 Å². The molecule has 13 heavy (non-hydrogen) atoms. The molecule has 1 N–H and O–H groups in total. The molecule has 0 amide bonds. The molecule has 0 aromatic rings. The summed E-state index contributed by atoms with van der Waals surface area (Å²) in [7, 11) is 0. The van der Waals surface area contributed by atoms with Crippen molar-refractivity contribution in [2.45, 2.75) is 23.0 Å². The molecule has 0 bridgehead atoms. The Kier molecular flexibility index (Phi) is 5.65. The van der Waals surface area contributed by atoms with Crippen LogP contribution < -0.4 is 0 Å². The van der Waals surface area contributed by atoms with Gasteiger partial charge in [-0.2, -0.15) is 0 Å². The summed E-state index contributed by atoms with van der Waals surface area (Å²) in [5.41, 5.74) is 0. The Balaban J connectivity index is 3.76. The zero-order chi connectivity index (χ0) is 10.5. The number of carboxylic acid groups (broad SMARTS) is 1. The van der Waals surface area contributed by atoms with Gasteiger partial charge in [0.25, 0.3) is 0 Å². The third-order valence-electron chi connectivity index (χ3n) is 1.34. The Morgan fingerprint density at radius 2 is 2.00 bits per heavy atom. The molecule has 6 heteroatoms. The molecule has 0 atom stereocenters. The van der Waals surface area contributed by atoms with E-state index >= 15 is 0 Å². The average molecular weight is 318 g/mol. The van der Waals surface area contributed by atoms with Gasteiger partial charge < -0.3 is 0 Å². The second-order valence-electron chi connectivity index (χ2n) is 2.45. The van der Waals surface area contributed by atoms with Gasteiger partial charge in [-0.25, -0.2) is 0 Å². The summed E-state index contributed by atoms with van der Waals surface area (Å²) in [6.45, 7) is 1.83. The van der Waals surface area contributed by atoms with Crippen molar-refractivity contribution in [3.8, 4) is 0 Å². The fraction of sp³-hybridized carbons (Fsp3) is 0.714. The van der Waals surface area contributed by atoms with E-state index in [4.69, 9.17) is 9.84 Å². The standard InChI is InChI=1S/C7H12O4Se2/c1-2-5(8)11-4-3-7(12,13)6(9)10/h12-13H,2-4H2,1H3,(H,9,10). The third-order valence-corrected chi connectivity index (χ3v) is 3.09.